The molecule has 1 fully saturated rings. The SMILES string of the molecule is CO[C@@H]1CCOC[C@H]1NS(=O)(=O)c1ccc(Cl)c(C)c1Cl. The van der Waals surface area contributed by atoms with Crippen molar-refractivity contribution >= 4 is 33.2 Å². The van der Waals surface area contributed by atoms with Crippen LogP contribution in [0.2, 0.25) is 10.0 Å². The maximum atomic E-state index is 12.5. The second-order valence-corrected chi connectivity index (χ2v) is 7.32. The van der Waals surface area contributed by atoms with Gasteiger partial charge in [-0.15, -0.1) is 0 Å². The molecule has 0 bridgehead atoms. The monoisotopic (exact) mass is 353 g/mol. The number of ether oxygens (including phenoxy) is 2. The van der Waals surface area contributed by atoms with Crippen molar-refractivity contribution in [3.05, 3.63) is 27.7 Å². The minimum atomic E-state index is -3.77. The van der Waals surface area contributed by atoms with Crippen LogP contribution in [-0.4, -0.2) is 40.9 Å². The molecule has 1 saturated heterocycles. The van der Waals surface area contributed by atoms with E-state index in [1.165, 1.54) is 12.1 Å². The van der Waals surface area contributed by atoms with Crippen molar-refractivity contribution < 1.29 is 17.9 Å². The molecular weight excluding hydrogens is 337 g/mol. The van der Waals surface area contributed by atoms with Crippen LogP contribution in [0.5, 0.6) is 0 Å². The third-order valence-electron chi connectivity index (χ3n) is 3.48. The van der Waals surface area contributed by atoms with Gasteiger partial charge >= 0.3 is 0 Å². The summed E-state index contributed by atoms with van der Waals surface area (Å²) in [6.45, 7) is 2.49. The Morgan fingerprint density at radius 3 is 2.76 bits per heavy atom. The van der Waals surface area contributed by atoms with E-state index in [1.807, 2.05) is 0 Å². The first-order valence-corrected chi connectivity index (χ1v) is 8.68. The Labute approximate surface area is 134 Å². The maximum Gasteiger partial charge on any atom is 0.242 e. The number of rotatable bonds is 4. The number of methoxy groups -OCH3 is 1. The molecule has 5 nitrogen and oxygen atoms in total. The van der Waals surface area contributed by atoms with E-state index in [-0.39, 0.29) is 22.6 Å². The molecule has 0 aliphatic carbocycles. The molecule has 1 N–H and O–H groups in total. The molecule has 1 aliphatic heterocycles. The highest BCUT2D eigenvalue weighted by atomic mass is 35.5. The van der Waals surface area contributed by atoms with Gasteiger partial charge in [-0.05, 0) is 31.0 Å². The van der Waals surface area contributed by atoms with Crippen molar-refractivity contribution in [2.45, 2.75) is 30.4 Å². The van der Waals surface area contributed by atoms with Crippen LogP contribution in [0.25, 0.3) is 0 Å². The van der Waals surface area contributed by atoms with Gasteiger partial charge in [-0.3, -0.25) is 0 Å². The van der Waals surface area contributed by atoms with Crippen LogP contribution >= 0.6 is 23.2 Å². The third-order valence-corrected chi connectivity index (χ3v) is 6.02. The molecule has 2 atom stereocenters. The highest BCUT2D eigenvalue weighted by Crippen LogP contribution is 2.30. The first-order chi connectivity index (χ1) is 9.86. The summed E-state index contributed by atoms with van der Waals surface area (Å²) in [5.74, 6) is 0. The summed E-state index contributed by atoms with van der Waals surface area (Å²) in [5, 5.41) is 0.551. The standard InChI is InChI=1S/C13H17Cl2NO4S/c1-8-9(14)3-4-12(13(8)15)21(17,18)16-10-7-20-6-5-11(10)19-2/h3-4,10-11,16H,5-7H2,1-2H3/t10-,11-/m1/s1. The van der Waals surface area contributed by atoms with Crippen molar-refractivity contribution in [3.63, 3.8) is 0 Å². The molecule has 0 aromatic heterocycles. The number of sulfonamides is 1. The average molecular weight is 354 g/mol. The van der Waals surface area contributed by atoms with Gasteiger partial charge in [0.1, 0.15) is 4.90 Å². The topological polar surface area (TPSA) is 64.6 Å². The minimum absolute atomic E-state index is 0.00601. The van der Waals surface area contributed by atoms with E-state index in [0.717, 1.165) is 0 Å². The normalized spacial score (nSPS) is 23.2. The lowest BCUT2D eigenvalue weighted by Crippen LogP contribution is -2.50. The summed E-state index contributed by atoms with van der Waals surface area (Å²) >= 11 is 12.0. The molecule has 1 heterocycles. The molecule has 1 aromatic rings. The number of nitrogens with one attached hydrogen (secondary N) is 1. The molecule has 0 radical (unpaired) electrons. The van der Waals surface area contributed by atoms with Gasteiger partial charge in [0.15, 0.2) is 0 Å². The molecule has 0 saturated carbocycles. The van der Waals surface area contributed by atoms with Gasteiger partial charge in [-0.25, -0.2) is 13.1 Å². The zero-order chi connectivity index (χ0) is 15.6. The smallest absolute Gasteiger partial charge is 0.242 e. The first-order valence-electron chi connectivity index (χ1n) is 6.44. The lowest BCUT2D eigenvalue weighted by atomic mass is 10.1. The Morgan fingerprint density at radius 2 is 2.10 bits per heavy atom. The summed E-state index contributed by atoms with van der Waals surface area (Å²) in [4.78, 5) is 0.00601. The van der Waals surface area contributed by atoms with Crippen LogP contribution in [0.4, 0.5) is 0 Å². The van der Waals surface area contributed by atoms with E-state index in [1.54, 1.807) is 14.0 Å². The number of halogens is 2. The molecule has 1 aromatic carbocycles. The third kappa shape index (κ3) is 3.70. The second-order valence-electron chi connectivity index (χ2n) is 4.85. The van der Waals surface area contributed by atoms with E-state index in [9.17, 15) is 8.42 Å². The quantitative estimate of drug-likeness (QED) is 0.902. The van der Waals surface area contributed by atoms with Crippen molar-refractivity contribution in [2.75, 3.05) is 20.3 Å². The van der Waals surface area contributed by atoms with Gasteiger partial charge in [0.05, 0.1) is 23.8 Å². The van der Waals surface area contributed by atoms with Crippen LogP contribution in [0.3, 0.4) is 0 Å². The van der Waals surface area contributed by atoms with Crippen LogP contribution in [0.15, 0.2) is 17.0 Å². The maximum absolute atomic E-state index is 12.5. The lowest BCUT2D eigenvalue weighted by molar-refractivity contribution is -0.0305. The zero-order valence-corrected chi connectivity index (χ0v) is 14.1. The van der Waals surface area contributed by atoms with Crippen molar-refractivity contribution in [3.8, 4) is 0 Å². The van der Waals surface area contributed by atoms with Crippen molar-refractivity contribution in [1.82, 2.24) is 4.72 Å². The summed E-state index contributed by atoms with van der Waals surface area (Å²) in [6, 6.07) is 2.47. The molecule has 0 unspecified atom stereocenters. The fourth-order valence-corrected chi connectivity index (χ4v) is 4.27. The summed E-state index contributed by atoms with van der Waals surface area (Å²) in [6.07, 6.45) is 0.414. The van der Waals surface area contributed by atoms with Gasteiger partial charge in [-0.2, -0.15) is 0 Å². The fraction of sp³-hybridized carbons (Fsp3) is 0.538. The summed E-state index contributed by atoms with van der Waals surface area (Å²) < 4.78 is 38.2. The van der Waals surface area contributed by atoms with Crippen molar-refractivity contribution in [2.24, 2.45) is 0 Å². The Hall–Kier alpha value is -0.370. The Bertz CT molecular complexity index is 621. The number of benzene rings is 1. The number of hydrogen-bond donors (Lipinski definition) is 1. The Morgan fingerprint density at radius 1 is 1.38 bits per heavy atom. The molecule has 0 spiro atoms. The largest absolute Gasteiger partial charge is 0.380 e. The second kappa shape index (κ2) is 6.81. The molecule has 1 aliphatic rings. The molecule has 8 heteroatoms. The fourth-order valence-electron chi connectivity index (χ4n) is 2.22. The number of hydrogen-bond acceptors (Lipinski definition) is 4. The highest BCUT2D eigenvalue weighted by Gasteiger charge is 2.31. The van der Waals surface area contributed by atoms with Gasteiger partial charge in [0, 0.05) is 18.7 Å². The van der Waals surface area contributed by atoms with E-state index in [0.29, 0.717) is 23.6 Å². The first kappa shape index (κ1) is 17.0. The van der Waals surface area contributed by atoms with E-state index >= 15 is 0 Å². The Balaban J connectivity index is 2.28. The van der Waals surface area contributed by atoms with Crippen LogP contribution in [0, 0.1) is 6.92 Å². The van der Waals surface area contributed by atoms with E-state index in [2.05, 4.69) is 4.72 Å². The van der Waals surface area contributed by atoms with Crippen molar-refractivity contribution in [1.29, 1.82) is 0 Å². The zero-order valence-electron chi connectivity index (χ0n) is 11.7. The van der Waals surface area contributed by atoms with Crippen LogP contribution < -0.4 is 4.72 Å². The minimum Gasteiger partial charge on any atom is -0.380 e. The molecule has 118 valence electrons. The van der Waals surface area contributed by atoms with Crippen LogP contribution in [0.1, 0.15) is 12.0 Å². The highest BCUT2D eigenvalue weighted by molar-refractivity contribution is 7.89. The molecule has 2 rings (SSSR count). The van der Waals surface area contributed by atoms with Crippen LogP contribution in [-0.2, 0) is 19.5 Å². The Kier molecular flexibility index (Phi) is 5.51. The van der Waals surface area contributed by atoms with Gasteiger partial charge in [0.2, 0.25) is 10.0 Å². The predicted octanol–water partition coefficient (Wildman–Crippen LogP) is 2.38. The lowest BCUT2D eigenvalue weighted by Gasteiger charge is -2.30. The summed E-state index contributed by atoms with van der Waals surface area (Å²) in [7, 11) is -2.22. The predicted molar refractivity (Wildman–Crippen MR) is 81.5 cm³/mol. The molecule has 0 amide bonds. The van der Waals surface area contributed by atoms with E-state index < -0.39 is 16.1 Å². The molecule has 21 heavy (non-hydrogen) atoms. The molecular formula is C13H17Cl2NO4S. The summed E-state index contributed by atoms with van der Waals surface area (Å²) in [5.41, 5.74) is 0.532. The van der Waals surface area contributed by atoms with Gasteiger partial charge in [0.25, 0.3) is 0 Å². The van der Waals surface area contributed by atoms with E-state index in [4.69, 9.17) is 32.7 Å². The van der Waals surface area contributed by atoms with Gasteiger partial charge in [-0.1, -0.05) is 23.2 Å². The van der Waals surface area contributed by atoms with Gasteiger partial charge < -0.3 is 9.47 Å². The average Bonchev–Trinajstić information content (AvgIpc) is 2.44.